The fourth-order valence-electron chi connectivity index (χ4n) is 4.76. The van der Waals surface area contributed by atoms with Crippen molar-refractivity contribution in [2.24, 2.45) is 29.6 Å². The van der Waals surface area contributed by atoms with Crippen molar-refractivity contribution in [2.75, 3.05) is 0 Å². The zero-order chi connectivity index (χ0) is 12.4. The van der Waals surface area contributed by atoms with Crippen LogP contribution in [0.1, 0.15) is 66.2 Å². The van der Waals surface area contributed by atoms with Crippen molar-refractivity contribution in [1.29, 1.82) is 0 Å². The highest BCUT2D eigenvalue weighted by atomic mass is 14.5. The van der Waals surface area contributed by atoms with Crippen molar-refractivity contribution in [2.45, 2.75) is 66.2 Å². The molecule has 0 aromatic carbocycles. The first kappa shape index (κ1) is 13.2. The van der Waals surface area contributed by atoms with E-state index in [1.54, 1.807) is 0 Å². The van der Waals surface area contributed by atoms with Crippen LogP contribution in [0.25, 0.3) is 0 Å². The summed E-state index contributed by atoms with van der Waals surface area (Å²) >= 11 is 0. The van der Waals surface area contributed by atoms with E-state index in [0.29, 0.717) is 0 Å². The second-order valence-corrected chi connectivity index (χ2v) is 6.55. The third-order valence-electron chi connectivity index (χ3n) is 5.45. The molecule has 0 nitrogen and oxygen atoms in total. The molecule has 5 atom stereocenters. The van der Waals surface area contributed by atoms with Gasteiger partial charge in [0.05, 0.1) is 0 Å². The summed E-state index contributed by atoms with van der Waals surface area (Å²) in [5, 5.41) is 0. The largest absolute Gasteiger partial charge is 0.0853 e. The Balaban J connectivity index is 1.98. The summed E-state index contributed by atoms with van der Waals surface area (Å²) in [5.41, 5.74) is 1.81. The Hall–Kier alpha value is -0.260. The van der Waals surface area contributed by atoms with Crippen molar-refractivity contribution < 1.29 is 0 Å². The molecule has 5 unspecified atom stereocenters. The highest BCUT2D eigenvalue weighted by molar-refractivity contribution is 5.20. The van der Waals surface area contributed by atoms with Gasteiger partial charge in [-0.1, -0.05) is 58.6 Å². The number of fused-ring (bicyclic) bond motifs is 2. The van der Waals surface area contributed by atoms with Crippen LogP contribution >= 0.6 is 0 Å². The molecule has 2 fully saturated rings. The predicted octanol–water partition coefficient (Wildman–Crippen LogP) is 5.44. The van der Waals surface area contributed by atoms with E-state index in [9.17, 15) is 0 Å². The molecule has 0 radical (unpaired) electrons. The first-order chi connectivity index (χ1) is 8.19. The molecule has 2 aliphatic carbocycles. The van der Waals surface area contributed by atoms with Crippen molar-refractivity contribution in [1.82, 2.24) is 0 Å². The minimum absolute atomic E-state index is 0.953. The van der Waals surface area contributed by atoms with E-state index in [2.05, 4.69) is 33.8 Å². The molecule has 0 spiro atoms. The van der Waals surface area contributed by atoms with Gasteiger partial charge < -0.3 is 0 Å². The summed E-state index contributed by atoms with van der Waals surface area (Å²) in [6.07, 6.45) is 11.0. The number of rotatable bonds is 5. The Morgan fingerprint density at radius 2 is 2.12 bits per heavy atom. The minimum Gasteiger partial charge on any atom is -0.0853 e. The first-order valence-corrected chi connectivity index (χ1v) is 7.87. The molecule has 98 valence electrons. The zero-order valence-corrected chi connectivity index (χ0v) is 12.2. The van der Waals surface area contributed by atoms with Crippen LogP contribution in [0.2, 0.25) is 0 Å². The molecule has 0 aromatic rings. The normalized spacial score (nSPS) is 40.1. The summed E-state index contributed by atoms with van der Waals surface area (Å²) in [5.74, 6) is 4.93. The lowest BCUT2D eigenvalue weighted by Crippen LogP contribution is -2.27. The standard InChI is InChI=1S/C17H30/c1-5-7-9-12(3)17-13(4)16-11-15(17)10-14(16)8-6-2/h8,12-13,15-17H,5-7,9-11H2,1-4H3/b14-8+. The maximum absolute atomic E-state index is 2.53. The highest BCUT2D eigenvalue weighted by Gasteiger charge is 2.48. The van der Waals surface area contributed by atoms with Crippen LogP contribution in [0, 0.1) is 29.6 Å². The lowest BCUT2D eigenvalue weighted by molar-refractivity contribution is 0.185. The molecule has 0 aliphatic heterocycles. The van der Waals surface area contributed by atoms with Gasteiger partial charge in [-0.25, -0.2) is 0 Å². The van der Waals surface area contributed by atoms with Gasteiger partial charge in [-0.15, -0.1) is 0 Å². The maximum Gasteiger partial charge on any atom is -0.0172 e. The Bertz CT molecular complexity index is 274. The van der Waals surface area contributed by atoms with E-state index < -0.39 is 0 Å². The second-order valence-electron chi connectivity index (χ2n) is 6.55. The second kappa shape index (κ2) is 5.59. The van der Waals surface area contributed by atoms with E-state index in [-0.39, 0.29) is 0 Å². The van der Waals surface area contributed by atoms with Crippen LogP contribution < -0.4 is 0 Å². The SMILES string of the molecule is CC/C=C1\CC2CC1C(C)C2C(C)CCCC. The molecule has 0 aromatic heterocycles. The van der Waals surface area contributed by atoms with Gasteiger partial charge in [-0.3, -0.25) is 0 Å². The molecular formula is C17H30. The fraction of sp³-hybridized carbons (Fsp3) is 0.882. The molecular weight excluding hydrogens is 204 g/mol. The van der Waals surface area contributed by atoms with E-state index in [4.69, 9.17) is 0 Å². The first-order valence-electron chi connectivity index (χ1n) is 7.87. The smallest absolute Gasteiger partial charge is 0.0172 e. The van der Waals surface area contributed by atoms with Crippen molar-refractivity contribution >= 4 is 0 Å². The van der Waals surface area contributed by atoms with Crippen molar-refractivity contribution in [3.63, 3.8) is 0 Å². The Labute approximate surface area is 108 Å². The molecule has 0 heteroatoms. The maximum atomic E-state index is 2.53. The third kappa shape index (κ3) is 2.46. The van der Waals surface area contributed by atoms with Gasteiger partial charge >= 0.3 is 0 Å². The highest BCUT2D eigenvalue weighted by Crippen LogP contribution is 2.57. The molecule has 2 bridgehead atoms. The molecule has 17 heavy (non-hydrogen) atoms. The molecule has 0 heterocycles. The molecule has 0 amide bonds. The van der Waals surface area contributed by atoms with E-state index in [1.807, 2.05) is 5.57 Å². The van der Waals surface area contributed by atoms with E-state index in [1.165, 1.54) is 38.5 Å². The van der Waals surface area contributed by atoms with E-state index in [0.717, 1.165) is 29.6 Å². The number of unbranched alkanes of at least 4 members (excludes halogenated alkanes) is 1. The van der Waals surface area contributed by atoms with Crippen molar-refractivity contribution in [3.8, 4) is 0 Å². The van der Waals surface area contributed by atoms with E-state index >= 15 is 0 Å². The Kier molecular flexibility index (Phi) is 4.33. The van der Waals surface area contributed by atoms with Crippen LogP contribution in [0.4, 0.5) is 0 Å². The average molecular weight is 234 g/mol. The summed E-state index contributed by atoms with van der Waals surface area (Å²) in [4.78, 5) is 0. The third-order valence-corrected chi connectivity index (χ3v) is 5.45. The monoisotopic (exact) mass is 234 g/mol. The lowest BCUT2D eigenvalue weighted by Gasteiger charge is -2.34. The quantitative estimate of drug-likeness (QED) is 0.556. The van der Waals surface area contributed by atoms with Gasteiger partial charge in [0.2, 0.25) is 0 Å². The van der Waals surface area contributed by atoms with Crippen LogP contribution in [0.3, 0.4) is 0 Å². The molecule has 0 saturated heterocycles. The summed E-state index contributed by atoms with van der Waals surface area (Å²) in [7, 11) is 0. The lowest BCUT2D eigenvalue weighted by atomic mass is 9.71. The van der Waals surface area contributed by atoms with Gasteiger partial charge in [-0.05, 0) is 48.9 Å². The number of hydrogen-bond donors (Lipinski definition) is 0. The molecule has 2 rings (SSSR count). The van der Waals surface area contributed by atoms with Crippen LogP contribution in [0.5, 0.6) is 0 Å². The van der Waals surface area contributed by atoms with Gasteiger partial charge in [0, 0.05) is 0 Å². The van der Waals surface area contributed by atoms with Gasteiger partial charge in [0.25, 0.3) is 0 Å². The van der Waals surface area contributed by atoms with Crippen LogP contribution in [-0.2, 0) is 0 Å². The summed E-state index contributed by atoms with van der Waals surface area (Å²) in [6, 6.07) is 0. The van der Waals surface area contributed by atoms with Gasteiger partial charge in [0.15, 0.2) is 0 Å². The summed E-state index contributed by atoms with van der Waals surface area (Å²) < 4.78 is 0. The van der Waals surface area contributed by atoms with Gasteiger partial charge in [0.1, 0.15) is 0 Å². The summed E-state index contributed by atoms with van der Waals surface area (Å²) in [6.45, 7) is 9.64. The van der Waals surface area contributed by atoms with Crippen LogP contribution in [-0.4, -0.2) is 0 Å². The van der Waals surface area contributed by atoms with Gasteiger partial charge in [-0.2, -0.15) is 0 Å². The molecule has 2 aliphatic rings. The molecule has 0 N–H and O–H groups in total. The predicted molar refractivity (Wildman–Crippen MR) is 75.9 cm³/mol. The molecule has 2 saturated carbocycles. The zero-order valence-electron chi connectivity index (χ0n) is 12.2. The topological polar surface area (TPSA) is 0 Å². The number of allylic oxidation sites excluding steroid dienone is 2. The fourth-order valence-corrected chi connectivity index (χ4v) is 4.76. The van der Waals surface area contributed by atoms with Crippen molar-refractivity contribution in [3.05, 3.63) is 11.6 Å². The minimum atomic E-state index is 0.953. The number of hydrogen-bond acceptors (Lipinski definition) is 0. The Morgan fingerprint density at radius 3 is 2.71 bits per heavy atom. The van der Waals surface area contributed by atoms with Crippen LogP contribution in [0.15, 0.2) is 11.6 Å². The Morgan fingerprint density at radius 1 is 1.35 bits per heavy atom. The average Bonchev–Trinajstić information content (AvgIpc) is 2.83.